The first-order valence-electron chi connectivity index (χ1n) is 8.65. The van der Waals surface area contributed by atoms with Crippen molar-refractivity contribution in [3.05, 3.63) is 69.5 Å². The monoisotopic (exact) mass is 427 g/mol. The molecule has 1 amide bonds. The van der Waals surface area contributed by atoms with E-state index in [4.69, 9.17) is 4.74 Å². The third kappa shape index (κ3) is 3.02. The maximum absolute atomic E-state index is 13.1. The summed E-state index contributed by atoms with van der Waals surface area (Å²) in [6, 6.07) is 11.0. The van der Waals surface area contributed by atoms with Gasteiger partial charge in [0.05, 0.1) is 24.2 Å². The number of benzene rings is 1. The molecule has 1 unspecified atom stereocenters. The first-order valence-corrected chi connectivity index (χ1v) is 9.45. The zero-order valence-electron chi connectivity index (χ0n) is 15.0. The number of nitrogens with zero attached hydrogens (tertiary/aromatic N) is 3. The van der Waals surface area contributed by atoms with E-state index in [0.29, 0.717) is 24.2 Å². The quantitative estimate of drug-likeness (QED) is 0.585. The lowest BCUT2D eigenvalue weighted by Gasteiger charge is -2.35. The molecule has 1 aliphatic rings. The fourth-order valence-electron chi connectivity index (χ4n) is 3.66. The van der Waals surface area contributed by atoms with E-state index < -0.39 is 0 Å². The average molecular weight is 428 g/mol. The Hall–Kier alpha value is -2.67. The summed E-state index contributed by atoms with van der Waals surface area (Å²) in [7, 11) is 1.38. The van der Waals surface area contributed by atoms with Crippen molar-refractivity contribution in [1.82, 2.24) is 14.5 Å². The lowest BCUT2D eigenvalue weighted by Crippen LogP contribution is -2.39. The van der Waals surface area contributed by atoms with Crippen molar-refractivity contribution in [3.8, 4) is 0 Å². The molecule has 1 aromatic carbocycles. The SMILES string of the molecule is COC(=O)c1cccc2c1CCN(C(=O)c1cc3ccc(Br)cn3n1)C2C. The highest BCUT2D eigenvalue weighted by atomic mass is 79.9. The Balaban J connectivity index is 1.67. The van der Waals surface area contributed by atoms with Crippen LogP contribution in [0.15, 0.2) is 47.1 Å². The Morgan fingerprint density at radius 1 is 1.26 bits per heavy atom. The first kappa shape index (κ1) is 17.7. The van der Waals surface area contributed by atoms with E-state index in [0.717, 1.165) is 21.1 Å². The molecule has 2 aromatic heterocycles. The topological polar surface area (TPSA) is 63.9 Å². The van der Waals surface area contributed by atoms with Crippen molar-refractivity contribution in [1.29, 1.82) is 0 Å². The summed E-state index contributed by atoms with van der Waals surface area (Å²) in [5.41, 5.74) is 3.78. The summed E-state index contributed by atoms with van der Waals surface area (Å²) in [6.07, 6.45) is 2.43. The number of fused-ring (bicyclic) bond motifs is 2. The van der Waals surface area contributed by atoms with E-state index in [1.165, 1.54) is 7.11 Å². The second-order valence-electron chi connectivity index (χ2n) is 6.54. The van der Waals surface area contributed by atoms with Gasteiger partial charge in [-0.2, -0.15) is 5.10 Å². The minimum absolute atomic E-state index is 0.114. The summed E-state index contributed by atoms with van der Waals surface area (Å²) in [6.45, 7) is 2.50. The van der Waals surface area contributed by atoms with Crippen LogP contribution < -0.4 is 0 Å². The Morgan fingerprint density at radius 3 is 2.85 bits per heavy atom. The van der Waals surface area contributed by atoms with Crippen LogP contribution in [-0.4, -0.2) is 40.0 Å². The van der Waals surface area contributed by atoms with Crippen LogP contribution in [0.2, 0.25) is 0 Å². The van der Waals surface area contributed by atoms with Gasteiger partial charge in [0.15, 0.2) is 5.69 Å². The lowest BCUT2D eigenvalue weighted by molar-refractivity contribution is 0.0597. The van der Waals surface area contributed by atoms with Crippen LogP contribution >= 0.6 is 15.9 Å². The minimum atomic E-state index is -0.343. The van der Waals surface area contributed by atoms with E-state index in [2.05, 4.69) is 21.0 Å². The van der Waals surface area contributed by atoms with Gasteiger partial charge in [-0.15, -0.1) is 0 Å². The van der Waals surface area contributed by atoms with Crippen molar-refractivity contribution in [3.63, 3.8) is 0 Å². The van der Waals surface area contributed by atoms with Crippen molar-refractivity contribution in [2.45, 2.75) is 19.4 Å². The van der Waals surface area contributed by atoms with Gasteiger partial charge in [0.2, 0.25) is 0 Å². The molecule has 0 radical (unpaired) electrons. The fourth-order valence-corrected chi connectivity index (χ4v) is 3.99. The number of halogens is 1. The van der Waals surface area contributed by atoms with Crippen LogP contribution in [0.5, 0.6) is 0 Å². The molecule has 0 spiro atoms. The third-order valence-corrected chi connectivity index (χ3v) is 5.51. The predicted molar refractivity (Wildman–Crippen MR) is 104 cm³/mol. The van der Waals surface area contributed by atoms with Crippen molar-refractivity contribution in [2.75, 3.05) is 13.7 Å². The van der Waals surface area contributed by atoms with Crippen LogP contribution in [0.4, 0.5) is 0 Å². The number of hydrogen-bond donors (Lipinski definition) is 0. The fraction of sp³-hybridized carbons (Fsp3) is 0.250. The van der Waals surface area contributed by atoms with Gasteiger partial charge in [-0.05, 0) is 64.7 Å². The van der Waals surface area contributed by atoms with Gasteiger partial charge in [0.1, 0.15) is 0 Å². The van der Waals surface area contributed by atoms with E-state index in [1.807, 2.05) is 37.4 Å². The summed E-state index contributed by atoms with van der Waals surface area (Å²) >= 11 is 3.41. The van der Waals surface area contributed by atoms with E-state index in [-0.39, 0.29) is 17.9 Å². The lowest BCUT2D eigenvalue weighted by atomic mass is 9.89. The summed E-state index contributed by atoms with van der Waals surface area (Å²) in [5.74, 6) is -0.457. The van der Waals surface area contributed by atoms with Gasteiger partial charge in [-0.1, -0.05) is 12.1 Å². The molecule has 0 bridgehead atoms. The molecule has 1 aliphatic heterocycles. The van der Waals surface area contributed by atoms with Gasteiger partial charge in [0, 0.05) is 17.2 Å². The van der Waals surface area contributed by atoms with Gasteiger partial charge in [0.25, 0.3) is 5.91 Å². The summed E-state index contributed by atoms with van der Waals surface area (Å²) in [4.78, 5) is 26.9. The highest BCUT2D eigenvalue weighted by molar-refractivity contribution is 9.10. The minimum Gasteiger partial charge on any atom is -0.465 e. The highest BCUT2D eigenvalue weighted by Gasteiger charge is 2.31. The zero-order valence-corrected chi connectivity index (χ0v) is 16.6. The van der Waals surface area contributed by atoms with Crippen LogP contribution in [0, 0.1) is 0 Å². The maximum Gasteiger partial charge on any atom is 0.338 e. The van der Waals surface area contributed by atoms with Crippen molar-refractivity contribution < 1.29 is 14.3 Å². The molecule has 0 aliphatic carbocycles. The van der Waals surface area contributed by atoms with Crippen LogP contribution in [-0.2, 0) is 11.2 Å². The van der Waals surface area contributed by atoms with E-state index in [9.17, 15) is 9.59 Å². The van der Waals surface area contributed by atoms with Crippen LogP contribution in [0.1, 0.15) is 44.9 Å². The molecule has 7 heteroatoms. The Bertz CT molecular complexity index is 1060. The molecule has 0 saturated heterocycles. The number of aromatic nitrogens is 2. The van der Waals surface area contributed by atoms with Gasteiger partial charge >= 0.3 is 5.97 Å². The number of carbonyl (C=O) groups excluding carboxylic acids is 2. The van der Waals surface area contributed by atoms with Crippen molar-refractivity contribution in [2.24, 2.45) is 0 Å². The highest BCUT2D eigenvalue weighted by Crippen LogP contribution is 2.32. The Labute approximate surface area is 164 Å². The molecular formula is C20H18BrN3O3. The third-order valence-electron chi connectivity index (χ3n) is 5.04. The number of carbonyl (C=O) groups is 2. The standard InChI is InChI=1S/C20H18BrN3O3/c1-12-15-4-3-5-17(20(26)27-2)16(15)8-9-23(12)19(25)18-10-14-7-6-13(21)11-24(14)22-18/h3-7,10-12H,8-9H2,1-2H3. The number of amides is 1. The van der Waals surface area contributed by atoms with E-state index >= 15 is 0 Å². The number of pyridine rings is 1. The molecule has 0 saturated carbocycles. The largest absolute Gasteiger partial charge is 0.465 e. The molecule has 4 rings (SSSR count). The molecule has 138 valence electrons. The van der Waals surface area contributed by atoms with Crippen LogP contribution in [0.25, 0.3) is 5.52 Å². The number of ether oxygens (including phenoxy) is 1. The number of methoxy groups -OCH3 is 1. The average Bonchev–Trinajstić information content (AvgIpc) is 3.10. The Kier molecular flexibility index (Phi) is 4.47. The smallest absolute Gasteiger partial charge is 0.338 e. The van der Waals surface area contributed by atoms with Gasteiger partial charge in [-0.25, -0.2) is 9.31 Å². The number of hydrogen-bond acceptors (Lipinski definition) is 4. The molecule has 0 fully saturated rings. The number of rotatable bonds is 2. The molecule has 6 nitrogen and oxygen atoms in total. The molecule has 27 heavy (non-hydrogen) atoms. The summed E-state index contributed by atoms with van der Waals surface area (Å²) < 4.78 is 7.47. The molecule has 1 atom stereocenters. The molecule has 0 N–H and O–H groups in total. The summed E-state index contributed by atoms with van der Waals surface area (Å²) in [5, 5.41) is 4.42. The van der Waals surface area contributed by atoms with Crippen LogP contribution in [0.3, 0.4) is 0 Å². The first-order chi connectivity index (χ1) is 13.0. The molecule has 3 aromatic rings. The second kappa shape index (κ2) is 6.81. The molecule has 3 heterocycles. The van der Waals surface area contributed by atoms with Gasteiger partial charge in [-0.3, -0.25) is 4.79 Å². The number of esters is 1. The predicted octanol–water partition coefficient (Wildman–Crippen LogP) is 3.64. The molecular weight excluding hydrogens is 410 g/mol. The normalized spacial score (nSPS) is 16.3. The maximum atomic E-state index is 13.1. The van der Waals surface area contributed by atoms with Gasteiger partial charge < -0.3 is 9.64 Å². The second-order valence-corrected chi connectivity index (χ2v) is 7.45. The Morgan fingerprint density at radius 2 is 2.07 bits per heavy atom. The van der Waals surface area contributed by atoms with E-state index in [1.54, 1.807) is 21.5 Å². The zero-order chi connectivity index (χ0) is 19.1. The van der Waals surface area contributed by atoms with Crippen molar-refractivity contribution >= 4 is 33.3 Å².